The summed E-state index contributed by atoms with van der Waals surface area (Å²) in [5, 5.41) is 11.6. The summed E-state index contributed by atoms with van der Waals surface area (Å²) in [6, 6.07) is 6.61. The largest absolute Gasteiger partial charge is 0.478 e. The number of benzene rings is 1. The summed E-state index contributed by atoms with van der Waals surface area (Å²) in [6.45, 7) is 3.04. The molecule has 0 aliphatic rings. The fraction of sp³-hybridized carbons (Fsp3) is 0.385. The van der Waals surface area contributed by atoms with Gasteiger partial charge in [-0.05, 0) is 31.0 Å². The minimum absolute atomic E-state index is 0.119. The molecule has 0 aliphatic heterocycles. The van der Waals surface area contributed by atoms with Gasteiger partial charge in [0.05, 0.1) is 5.56 Å². The van der Waals surface area contributed by atoms with Crippen LogP contribution in [0, 0.1) is 0 Å². The third-order valence-corrected chi connectivity index (χ3v) is 2.68. The molecule has 0 radical (unpaired) electrons. The molecule has 5 heteroatoms. The van der Waals surface area contributed by atoms with Crippen molar-refractivity contribution in [2.24, 2.45) is 0 Å². The minimum Gasteiger partial charge on any atom is -0.478 e. The number of carboxylic acids is 1. The van der Waals surface area contributed by atoms with Crippen LogP contribution in [0.3, 0.4) is 0 Å². The van der Waals surface area contributed by atoms with E-state index in [4.69, 9.17) is 5.11 Å². The summed E-state index contributed by atoms with van der Waals surface area (Å²) in [5.41, 5.74) is 1.17. The molecule has 1 rings (SSSR count). The number of aromatic carboxylic acids is 1. The van der Waals surface area contributed by atoms with Gasteiger partial charge in [0.25, 0.3) is 0 Å². The maximum Gasteiger partial charge on any atom is 0.335 e. The number of nitrogens with zero attached hydrogens (tertiary/aromatic N) is 1. The Morgan fingerprint density at radius 3 is 2.72 bits per heavy atom. The molecular weight excluding hydrogens is 232 g/mol. The molecule has 2 amide bonds. The van der Waals surface area contributed by atoms with Crippen molar-refractivity contribution in [3.63, 3.8) is 0 Å². The fourth-order valence-electron chi connectivity index (χ4n) is 1.45. The lowest BCUT2D eigenvalue weighted by molar-refractivity contribution is 0.0696. The molecule has 0 fully saturated rings. The van der Waals surface area contributed by atoms with Crippen LogP contribution in [0.1, 0.15) is 22.8 Å². The van der Waals surface area contributed by atoms with Gasteiger partial charge in [0, 0.05) is 20.1 Å². The molecule has 0 unspecified atom stereocenters. The van der Waals surface area contributed by atoms with Crippen molar-refractivity contribution >= 4 is 12.0 Å². The molecule has 0 heterocycles. The zero-order valence-electron chi connectivity index (χ0n) is 10.6. The van der Waals surface area contributed by atoms with Crippen LogP contribution in [0.2, 0.25) is 0 Å². The highest BCUT2D eigenvalue weighted by atomic mass is 16.4. The van der Waals surface area contributed by atoms with Gasteiger partial charge in [0.2, 0.25) is 0 Å². The molecule has 0 saturated heterocycles. The van der Waals surface area contributed by atoms with E-state index in [1.807, 2.05) is 13.0 Å². The summed E-state index contributed by atoms with van der Waals surface area (Å²) >= 11 is 0. The van der Waals surface area contributed by atoms with E-state index < -0.39 is 5.97 Å². The number of carbonyl (C=O) groups is 2. The van der Waals surface area contributed by atoms with Crippen molar-refractivity contribution < 1.29 is 14.7 Å². The van der Waals surface area contributed by atoms with Crippen LogP contribution in [0.5, 0.6) is 0 Å². The summed E-state index contributed by atoms with van der Waals surface area (Å²) < 4.78 is 0. The third-order valence-electron chi connectivity index (χ3n) is 2.68. The monoisotopic (exact) mass is 250 g/mol. The molecule has 0 spiro atoms. The maximum atomic E-state index is 11.5. The molecule has 5 nitrogen and oxygen atoms in total. The fourth-order valence-corrected chi connectivity index (χ4v) is 1.45. The number of nitrogens with one attached hydrogen (secondary N) is 1. The van der Waals surface area contributed by atoms with E-state index in [9.17, 15) is 9.59 Å². The second kappa shape index (κ2) is 6.64. The van der Waals surface area contributed by atoms with Gasteiger partial charge in [0.15, 0.2) is 0 Å². The topological polar surface area (TPSA) is 69.6 Å². The normalized spacial score (nSPS) is 9.89. The summed E-state index contributed by atoms with van der Waals surface area (Å²) in [6.07, 6.45) is 0.615. The van der Waals surface area contributed by atoms with Gasteiger partial charge in [0.1, 0.15) is 0 Å². The lowest BCUT2D eigenvalue weighted by Crippen LogP contribution is -2.37. The Balaban J connectivity index is 2.47. The number of hydrogen-bond acceptors (Lipinski definition) is 2. The first kappa shape index (κ1) is 14.0. The molecule has 0 bridgehead atoms. The first-order chi connectivity index (χ1) is 8.54. The summed E-state index contributed by atoms with van der Waals surface area (Å²) in [5.74, 6) is -0.938. The van der Waals surface area contributed by atoms with E-state index in [0.29, 0.717) is 19.5 Å². The number of carboxylic acid groups (broad SMARTS) is 1. The Bertz CT molecular complexity index is 432. The van der Waals surface area contributed by atoms with E-state index in [-0.39, 0.29) is 11.6 Å². The highest BCUT2D eigenvalue weighted by Crippen LogP contribution is 2.05. The van der Waals surface area contributed by atoms with Gasteiger partial charge in [-0.25, -0.2) is 9.59 Å². The van der Waals surface area contributed by atoms with Crippen LogP contribution >= 0.6 is 0 Å². The number of amides is 2. The molecule has 1 aromatic carbocycles. The first-order valence-corrected chi connectivity index (χ1v) is 5.85. The van der Waals surface area contributed by atoms with E-state index in [2.05, 4.69) is 5.32 Å². The molecular formula is C13H18N2O3. The standard InChI is InChI=1S/C13H18N2O3/c1-3-15(2)13(18)14-8-7-10-5-4-6-11(9-10)12(16)17/h4-6,9H,3,7-8H2,1-2H3,(H,14,18)(H,16,17). The lowest BCUT2D eigenvalue weighted by Gasteiger charge is -2.15. The number of urea groups is 1. The second-order valence-electron chi connectivity index (χ2n) is 4.00. The lowest BCUT2D eigenvalue weighted by atomic mass is 10.1. The van der Waals surface area contributed by atoms with Crippen LogP contribution in [0.25, 0.3) is 0 Å². The molecule has 0 aliphatic carbocycles. The van der Waals surface area contributed by atoms with Crippen molar-refractivity contribution in [3.8, 4) is 0 Å². The van der Waals surface area contributed by atoms with Crippen LogP contribution in [-0.2, 0) is 6.42 Å². The smallest absolute Gasteiger partial charge is 0.335 e. The SMILES string of the molecule is CCN(C)C(=O)NCCc1cccc(C(=O)O)c1. The van der Waals surface area contributed by atoms with Gasteiger partial charge in [-0.3, -0.25) is 0 Å². The molecule has 2 N–H and O–H groups in total. The predicted molar refractivity (Wildman–Crippen MR) is 68.8 cm³/mol. The molecule has 0 atom stereocenters. The predicted octanol–water partition coefficient (Wildman–Crippen LogP) is 1.59. The van der Waals surface area contributed by atoms with Crippen LogP contribution < -0.4 is 5.32 Å². The quantitative estimate of drug-likeness (QED) is 0.833. The Morgan fingerprint density at radius 1 is 1.39 bits per heavy atom. The van der Waals surface area contributed by atoms with Gasteiger partial charge in [-0.15, -0.1) is 0 Å². The van der Waals surface area contributed by atoms with Crippen LogP contribution in [0.4, 0.5) is 4.79 Å². The zero-order chi connectivity index (χ0) is 13.5. The highest BCUT2D eigenvalue weighted by molar-refractivity contribution is 5.87. The number of carbonyl (C=O) groups excluding carboxylic acids is 1. The van der Waals surface area contributed by atoms with E-state index in [1.165, 1.54) is 0 Å². The van der Waals surface area contributed by atoms with Crippen molar-refractivity contribution in [3.05, 3.63) is 35.4 Å². The van der Waals surface area contributed by atoms with E-state index in [0.717, 1.165) is 5.56 Å². The average molecular weight is 250 g/mol. The number of rotatable bonds is 5. The van der Waals surface area contributed by atoms with Crippen molar-refractivity contribution in [2.45, 2.75) is 13.3 Å². The zero-order valence-corrected chi connectivity index (χ0v) is 10.6. The van der Waals surface area contributed by atoms with Crippen molar-refractivity contribution in [2.75, 3.05) is 20.1 Å². The Hall–Kier alpha value is -2.04. The average Bonchev–Trinajstić information content (AvgIpc) is 2.38. The second-order valence-corrected chi connectivity index (χ2v) is 4.00. The van der Waals surface area contributed by atoms with Crippen molar-refractivity contribution in [1.82, 2.24) is 10.2 Å². The number of hydrogen-bond donors (Lipinski definition) is 2. The van der Waals surface area contributed by atoms with Crippen LogP contribution in [-0.4, -0.2) is 42.1 Å². The van der Waals surface area contributed by atoms with Crippen molar-refractivity contribution in [1.29, 1.82) is 0 Å². The molecule has 0 saturated carbocycles. The summed E-state index contributed by atoms with van der Waals surface area (Å²) in [7, 11) is 1.72. The molecule has 18 heavy (non-hydrogen) atoms. The first-order valence-electron chi connectivity index (χ1n) is 5.85. The van der Waals surface area contributed by atoms with E-state index in [1.54, 1.807) is 30.1 Å². The minimum atomic E-state index is -0.938. The summed E-state index contributed by atoms with van der Waals surface area (Å²) in [4.78, 5) is 23.8. The molecule has 1 aromatic rings. The highest BCUT2D eigenvalue weighted by Gasteiger charge is 2.06. The van der Waals surface area contributed by atoms with Crippen LogP contribution in [0.15, 0.2) is 24.3 Å². The third kappa shape index (κ3) is 4.08. The van der Waals surface area contributed by atoms with Gasteiger partial charge in [-0.2, -0.15) is 0 Å². The Kier molecular flexibility index (Phi) is 5.17. The van der Waals surface area contributed by atoms with Gasteiger partial charge >= 0.3 is 12.0 Å². The molecule has 98 valence electrons. The Labute approximate surface area is 106 Å². The van der Waals surface area contributed by atoms with Gasteiger partial charge < -0.3 is 15.3 Å². The van der Waals surface area contributed by atoms with Gasteiger partial charge in [-0.1, -0.05) is 12.1 Å². The van der Waals surface area contributed by atoms with E-state index >= 15 is 0 Å². The maximum absolute atomic E-state index is 11.5. The molecule has 0 aromatic heterocycles. The Morgan fingerprint density at radius 2 is 2.11 bits per heavy atom.